The maximum absolute atomic E-state index is 5.32. The van der Waals surface area contributed by atoms with Gasteiger partial charge in [-0.05, 0) is 23.6 Å². The van der Waals surface area contributed by atoms with E-state index in [1.807, 2.05) is 18.2 Å². The Kier molecular flexibility index (Phi) is 8.91. The second kappa shape index (κ2) is 10.4. The average Bonchev–Trinajstić information content (AvgIpc) is 3.12. The molecule has 0 saturated carbocycles. The molecule has 24 heavy (non-hydrogen) atoms. The van der Waals surface area contributed by atoms with Crippen LogP contribution in [-0.2, 0) is 0 Å². The summed E-state index contributed by atoms with van der Waals surface area (Å²) in [7, 11) is 5.00. The first-order valence-corrected chi connectivity index (χ1v) is 8.29. The second-order valence-electron chi connectivity index (χ2n) is 5.06. The van der Waals surface area contributed by atoms with Gasteiger partial charge in [0.2, 0.25) is 0 Å². The van der Waals surface area contributed by atoms with Crippen LogP contribution in [0.25, 0.3) is 0 Å². The number of halogens is 1. The van der Waals surface area contributed by atoms with E-state index in [2.05, 4.69) is 40.1 Å². The number of nitrogens with one attached hydrogen (secondary N) is 2. The molecule has 1 atom stereocenters. The first-order chi connectivity index (χ1) is 11.2. The molecule has 0 aliphatic heterocycles. The Bertz CT molecular complexity index is 647. The summed E-state index contributed by atoms with van der Waals surface area (Å²) in [6, 6.07) is 9.91. The minimum atomic E-state index is 0. The summed E-state index contributed by atoms with van der Waals surface area (Å²) >= 11 is 1.77. The Morgan fingerprint density at radius 3 is 2.54 bits per heavy atom. The van der Waals surface area contributed by atoms with Crippen LogP contribution in [0.3, 0.4) is 0 Å². The van der Waals surface area contributed by atoms with Crippen molar-refractivity contribution in [3.63, 3.8) is 0 Å². The lowest BCUT2D eigenvalue weighted by Gasteiger charge is -2.16. The number of thiophene rings is 1. The number of aliphatic imine (C=N–C) groups is 1. The summed E-state index contributed by atoms with van der Waals surface area (Å²) in [6.07, 6.45) is 0. The molecule has 0 amide bonds. The molecule has 0 fully saturated rings. The fourth-order valence-corrected chi connectivity index (χ4v) is 2.94. The largest absolute Gasteiger partial charge is 0.493 e. The zero-order valence-electron chi connectivity index (χ0n) is 14.3. The van der Waals surface area contributed by atoms with E-state index in [4.69, 9.17) is 9.47 Å². The van der Waals surface area contributed by atoms with Crippen molar-refractivity contribution in [2.75, 3.05) is 33.1 Å². The molecule has 1 aromatic carbocycles. The van der Waals surface area contributed by atoms with Crippen molar-refractivity contribution in [1.29, 1.82) is 0 Å². The van der Waals surface area contributed by atoms with Gasteiger partial charge in [0.15, 0.2) is 17.5 Å². The highest BCUT2D eigenvalue weighted by Gasteiger charge is 2.09. The quantitative estimate of drug-likeness (QED) is 0.385. The molecule has 1 aromatic heterocycles. The number of guanidine groups is 1. The first-order valence-electron chi connectivity index (χ1n) is 7.41. The monoisotopic (exact) mass is 461 g/mol. The maximum Gasteiger partial charge on any atom is 0.195 e. The van der Waals surface area contributed by atoms with E-state index in [1.165, 1.54) is 4.88 Å². The number of ether oxygens (including phenoxy) is 2. The average molecular weight is 461 g/mol. The van der Waals surface area contributed by atoms with Gasteiger partial charge in [0.25, 0.3) is 0 Å². The van der Waals surface area contributed by atoms with Gasteiger partial charge in [0.05, 0.1) is 14.2 Å². The second-order valence-corrected chi connectivity index (χ2v) is 6.04. The van der Waals surface area contributed by atoms with Crippen molar-refractivity contribution < 1.29 is 9.47 Å². The van der Waals surface area contributed by atoms with Gasteiger partial charge < -0.3 is 20.1 Å². The third-order valence-electron chi connectivity index (χ3n) is 3.47. The van der Waals surface area contributed by atoms with Gasteiger partial charge in [0.1, 0.15) is 0 Å². The SMILES string of the molecule is CN=C(NCC(C)c1cccs1)Nc1ccc(OC)c(OC)c1.I. The molecular weight excluding hydrogens is 437 g/mol. The Labute approximate surface area is 164 Å². The summed E-state index contributed by atoms with van der Waals surface area (Å²) in [4.78, 5) is 5.62. The van der Waals surface area contributed by atoms with Crippen LogP contribution in [0.15, 0.2) is 40.7 Å². The highest BCUT2D eigenvalue weighted by Crippen LogP contribution is 2.29. The Hall–Kier alpha value is -1.48. The van der Waals surface area contributed by atoms with Crippen molar-refractivity contribution in [2.24, 2.45) is 4.99 Å². The van der Waals surface area contributed by atoms with Crippen LogP contribution >= 0.6 is 35.3 Å². The molecule has 0 bridgehead atoms. The fourth-order valence-electron chi connectivity index (χ4n) is 2.15. The molecule has 0 spiro atoms. The van der Waals surface area contributed by atoms with Crippen LogP contribution < -0.4 is 20.1 Å². The Balaban J connectivity index is 0.00000288. The number of hydrogen-bond acceptors (Lipinski definition) is 4. The first kappa shape index (κ1) is 20.6. The van der Waals surface area contributed by atoms with Crippen molar-refractivity contribution >= 4 is 47.0 Å². The number of hydrogen-bond donors (Lipinski definition) is 2. The number of rotatable bonds is 6. The molecule has 2 aromatic rings. The standard InChI is InChI=1S/C17H23N3O2S.HI/c1-12(16-6-5-9-23-16)11-19-17(18-2)20-13-7-8-14(21-3)15(10-13)22-4;/h5-10,12H,11H2,1-4H3,(H2,18,19,20);1H. The summed E-state index contributed by atoms with van der Waals surface area (Å²) in [5.74, 6) is 2.53. The molecule has 0 aliphatic rings. The number of methoxy groups -OCH3 is 2. The number of anilines is 1. The van der Waals surface area contributed by atoms with E-state index >= 15 is 0 Å². The summed E-state index contributed by atoms with van der Waals surface area (Å²) in [5.41, 5.74) is 0.888. The lowest BCUT2D eigenvalue weighted by atomic mass is 10.1. The van der Waals surface area contributed by atoms with Crippen molar-refractivity contribution in [3.05, 3.63) is 40.6 Å². The van der Waals surface area contributed by atoms with E-state index in [0.29, 0.717) is 17.4 Å². The third kappa shape index (κ3) is 5.55. The van der Waals surface area contributed by atoms with Gasteiger partial charge in [-0.2, -0.15) is 0 Å². The van der Waals surface area contributed by atoms with Gasteiger partial charge in [0, 0.05) is 36.1 Å². The van der Waals surface area contributed by atoms with Crippen LogP contribution in [0.2, 0.25) is 0 Å². The van der Waals surface area contributed by atoms with E-state index in [-0.39, 0.29) is 24.0 Å². The normalized spacial score (nSPS) is 12.1. The highest BCUT2D eigenvalue weighted by atomic mass is 127. The predicted octanol–water partition coefficient (Wildman–Crippen LogP) is 4.17. The van der Waals surface area contributed by atoms with E-state index in [0.717, 1.165) is 18.2 Å². The van der Waals surface area contributed by atoms with E-state index in [9.17, 15) is 0 Å². The predicted molar refractivity (Wildman–Crippen MR) is 113 cm³/mol. The zero-order valence-corrected chi connectivity index (χ0v) is 17.5. The molecule has 2 rings (SSSR count). The molecule has 1 heterocycles. The van der Waals surface area contributed by atoms with Crippen LogP contribution in [-0.4, -0.2) is 33.8 Å². The zero-order chi connectivity index (χ0) is 16.7. The molecule has 7 heteroatoms. The van der Waals surface area contributed by atoms with Gasteiger partial charge in [-0.15, -0.1) is 35.3 Å². The summed E-state index contributed by atoms with van der Waals surface area (Å²) < 4.78 is 10.6. The number of nitrogens with zero attached hydrogens (tertiary/aromatic N) is 1. The van der Waals surface area contributed by atoms with Gasteiger partial charge in [-0.3, -0.25) is 4.99 Å². The molecule has 0 aliphatic carbocycles. The van der Waals surface area contributed by atoms with Gasteiger partial charge in [-0.25, -0.2) is 0 Å². The maximum atomic E-state index is 5.32. The van der Waals surface area contributed by atoms with E-state index in [1.54, 1.807) is 32.6 Å². The van der Waals surface area contributed by atoms with Crippen LogP contribution in [0.4, 0.5) is 5.69 Å². The molecule has 5 nitrogen and oxygen atoms in total. The van der Waals surface area contributed by atoms with Crippen molar-refractivity contribution in [2.45, 2.75) is 12.8 Å². The van der Waals surface area contributed by atoms with Gasteiger partial charge in [-0.1, -0.05) is 13.0 Å². The highest BCUT2D eigenvalue weighted by molar-refractivity contribution is 14.0. The van der Waals surface area contributed by atoms with Crippen molar-refractivity contribution in [1.82, 2.24) is 5.32 Å². The van der Waals surface area contributed by atoms with Crippen LogP contribution in [0.1, 0.15) is 17.7 Å². The lowest BCUT2D eigenvalue weighted by Crippen LogP contribution is -2.33. The smallest absolute Gasteiger partial charge is 0.195 e. The molecular formula is C17H24IN3O2S. The number of benzene rings is 1. The minimum Gasteiger partial charge on any atom is -0.493 e. The molecule has 2 N–H and O–H groups in total. The van der Waals surface area contributed by atoms with Crippen LogP contribution in [0, 0.1) is 0 Å². The lowest BCUT2D eigenvalue weighted by molar-refractivity contribution is 0.355. The molecule has 0 radical (unpaired) electrons. The molecule has 132 valence electrons. The third-order valence-corrected chi connectivity index (χ3v) is 4.58. The molecule has 1 unspecified atom stereocenters. The van der Waals surface area contributed by atoms with E-state index < -0.39 is 0 Å². The fraction of sp³-hybridized carbons (Fsp3) is 0.353. The molecule has 0 saturated heterocycles. The van der Waals surface area contributed by atoms with Gasteiger partial charge >= 0.3 is 0 Å². The topological polar surface area (TPSA) is 54.9 Å². The summed E-state index contributed by atoms with van der Waals surface area (Å²) in [5, 5.41) is 8.71. The van der Waals surface area contributed by atoms with Crippen molar-refractivity contribution in [3.8, 4) is 11.5 Å². The Morgan fingerprint density at radius 1 is 1.21 bits per heavy atom. The summed E-state index contributed by atoms with van der Waals surface area (Å²) in [6.45, 7) is 3.01. The Morgan fingerprint density at radius 2 is 1.96 bits per heavy atom. The minimum absolute atomic E-state index is 0. The van der Waals surface area contributed by atoms with Crippen LogP contribution in [0.5, 0.6) is 11.5 Å².